The zero-order valence-corrected chi connectivity index (χ0v) is 21.3. The molecule has 1 saturated heterocycles. The Labute approximate surface area is 202 Å². The van der Waals surface area contributed by atoms with E-state index >= 15 is 0 Å². The molecule has 0 amide bonds. The van der Waals surface area contributed by atoms with Gasteiger partial charge >= 0.3 is 5.97 Å². The first-order valence-electron chi connectivity index (χ1n) is 11.8. The fraction of sp³-hybridized carbons (Fsp3) is 0.720. The molecule has 1 aromatic rings. The number of cyclic esters (lactones) is 1. The molecule has 1 unspecified atom stereocenters. The van der Waals surface area contributed by atoms with Gasteiger partial charge in [0.05, 0.1) is 25.2 Å². The zero-order chi connectivity index (χ0) is 25.4. The molecule has 0 radical (unpaired) electrons. The van der Waals surface area contributed by atoms with E-state index in [1.165, 1.54) is 0 Å². The Morgan fingerprint density at radius 3 is 2.38 bits per heavy atom. The van der Waals surface area contributed by atoms with Gasteiger partial charge in [-0.25, -0.2) is 0 Å². The van der Waals surface area contributed by atoms with E-state index in [0.29, 0.717) is 25.0 Å². The van der Waals surface area contributed by atoms with E-state index < -0.39 is 24.5 Å². The largest absolute Gasteiger partial charge is 0.496 e. The Bertz CT molecular complexity index is 851. The number of ether oxygens (including phenoxy) is 4. The van der Waals surface area contributed by atoms with Crippen LogP contribution in [0.4, 0.5) is 0 Å². The van der Waals surface area contributed by atoms with Crippen LogP contribution < -0.4 is 4.74 Å². The van der Waals surface area contributed by atoms with Gasteiger partial charge in [0.25, 0.3) is 0 Å². The lowest BCUT2D eigenvalue weighted by molar-refractivity contribution is -0.146. The summed E-state index contributed by atoms with van der Waals surface area (Å²) in [6, 6.07) is 5.01. The Morgan fingerprint density at radius 2 is 1.88 bits per heavy atom. The van der Waals surface area contributed by atoms with Crippen molar-refractivity contribution in [1.29, 1.82) is 0 Å². The van der Waals surface area contributed by atoms with Crippen molar-refractivity contribution in [2.75, 3.05) is 21.3 Å². The Morgan fingerprint density at radius 1 is 1.21 bits per heavy atom. The molecule has 1 aromatic carbocycles. The maximum absolute atomic E-state index is 12.3. The highest BCUT2D eigenvalue weighted by molar-refractivity contribution is 5.75. The van der Waals surface area contributed by atoms with Crippen molar-refractivity contribution >= 4 is 5.97 Å². The molecule has 0 bridgehead atoms. The number of methoxy groups -OCH3 is 3. The maximum Gasteiger partial charge on any atom is 0.309 e. The number of rotatable bonds is 13. The van der Waals surface area contributed by atoms with Gasteiger partial charge in [-0.15, -0.1) is 0 Å². The van der Waals surface area contributed by atoms with Crippen LogP contribution in [-0.2, 0) is 25.4 Å². The van der Waals surface area contributed by atoms with E-state index in [-0.39, 0.29) is 29.6 Å². The molecule has 5 atom stereocenters. The molecular formula is C25H39N3O6. The third-order valence-electron chi connectivity index (χ3n) is 6.82. The molecule has 2 rings (SSSR count). The zero-order valence-electron chi connectivity index (χ0n) is 21.3. The van der Waals surface area contributed by atoms with Gasteiger partial charge in [-0.2, -0.15) is 0 Å². The molecule has 1 N–H and O–H groups in total. The Hall–Kier alpha value is -2.32. The van der Waals surface area contributed by atoms with Gasteiger partial charge in [0.15, 0.2) is 6.29 Å². The molecule has 0 saturated carbocycles. The third-order valence-corrected chi connectivity index (χ3v) is 6.82. The second-order valence-electron chi connectivity index (χ2n) is 9.60. The van der Waals surface area contributed by atoms with E-state index in [4.69, 9.17) is 18.9 Å². The standard InChI is InChI=1S/C25H39N3O6/c1-14(2)18(12-20(27-28-26)22-13-19(15(3)4)25(30)34-22)24(29)16-8-9-21(31-5)17(10-16)11-23(32-6)33-7/h8-10,14-15,18-20,22-24,29H,11-13H2,1-7H3/t18-,19-,20-,22-,24?/m0/s1. The summed E-state index contributed by atoms with van der Waals surface area (Å²) in [6.07, 6.45) is -0.376. The highest BCUT2D eigenvalue weighted by Crippen LogP contribution is 2.38. The molecule has 1 aliphatic rings. The van der Waals surface area contributed by atoms with Crippen molar-refractivity contribution < 1.29 is 28.8 Å². The molecular weight excluding hydrogens is 438 g/mol. The molecule has 34 heavy (non-hydrogen) atoms. The van der Waals surface area contributed by atoms with Crippen molar-refractivity contribution in [3.63, 3.8) is 0 Å². The fourth-order valence-electron chi connectivity index (χ4n) is 4.63. The summed E-state index contributed by atoms with van der Waals surface area (Å²) in [5.74, 6) is 0.236. The molecule has 0 aromatic heterocycles. The number of azide groups is 1. The van der Waals surface area contributed by atoms with Crippen LogP contribution in [0.15, 0.2) is 23.3 Å². The molecule has 1 aliphatic heterocycles. The second kappa shape index (κ2) is 13.0. The summed E-state index contributed by atoms with van der Waals surface area (Å²) < 4.78 is 21.8. The van der Waals surface area contributed by atoms with Crippen LogP contribution in [0.25, 0.3) is 10.4 Å². The second-order valence-corrected chi connectivity index (χ2v) is 9.60. The number of nitrogens with zero attached hydrogens (tertiary/aromatic N) is 3. The van der Waals surface area contributed by atoms with E-state index in [1.54, 1.807) is 21.3 Å². The highest BCUT2D eigenvalue weighted by Gasteiger charge is 2.41. The molecule has 1 heterocycles. The normalized spacial score (nSPS) is 20.9. The van der Waals surface area contributed by atoms with Crippen molar-refractivity contribution in [2.45, 2.75) is 71.5 Å². The molecule has 1 fully saturated rings. The number of carbonyl (C=O) groups excluding carboxylic acids is 1. The SMILES string of the molecule is COc1ccc(C(O)[C@@H](C[C@H](N=[N+]=[N-])[C@@H]2C[C@@H](C(C)C)C(=O)O2)C(C)C)cc1CC(OC)OC. The summed E-state index contributed by atoms with van der Waals surface area (Å²) in [6.45, 7) is 8.01. The van der Waals surface area contributed by atoms with E-state index in [9.17, 15) is 15.4 Å². The van der Waals surface area contributed by atoms with E-state index in [0.717, 1.165) is 11.1 Å². The maximum atomic E-state index is 12.3. The number of esters is 1. The van der Waals surface area contributed by atoms with Crippen LogP contribution >= 0.6 is 0 Å². The monoisotopic (exact) mass is 477 g/mol. The molecule has 9 nitrogen and oxygen atoms in total. The number of hydrogen-bond acceptors (Lipinski definition) is 7. The predicted molar refractivity (Wildman–Crippen MR) is 128 cm³/mol. The Kier molecular flexibility index (Phi) is 10.6. The van der Waals surface area contributed by atoms with Crippen molar-refractivity contribution in [1.82, 2.24) is 0 Å². The van der Waals surface area contributed by atoms with Gasteiger partial charge in [-0.3, -0.25) is 4.79 Å². The molecule has 0 aliphatic carbocycles. The topological polar surface area (TPSA) is 123 Å². The van der Waals surface area contributed by atoms with Gasteiger partial charge < -0.3 is 24.1 Å². The van der Waals surface area contributed by atoms with Crippen LogP contribution in [0, 0.1) is 23.7 Å². The highest BCUT2D eigenvalue weighted by atomic mass is 16.7. The Balaban J connectivity index is 2.29. The molecule has 190 valence electrons. The minimum absolute atomic E-state index is 0.0839. The number of hydrogen-bond donors (Lipinski definition) is 1. The van der Waals surface area contributed by atoms with Crippen LogP contribution in [0.5, 0.6) is 5.75 Å². The van der Waals surface area contributed by atoms with Gasteiger partial charge in [0.1, 0.15) is 11.9 Å². The first kappa shape index (κ1) is 27.9. The summed E-state index contributed by atoms with van der Waals surface area (Å²) >= 11 is 0. The van der Waals surface area contributed by atoms with Crippen molar-refractivity contribution in [3.8, 4) is 5.75 Å². The van der Waals surface area contributed by atoms with Gasteiger partial charge in [-0.05, 0) is 59.4 Å². The average molecular weight is 478 g/mol. The van der Waals surface area contributed by atoms with Crippen molar-refractivity contribution in [2.24, 2.45) is 28.8 Å². The quantitative estimate of drug-likeness (QED) is 0.143. The summed E-state index contributed by atoms with van der Waals surface area (Å²) in [4.78, 5) is 15.3. The first-order chi connectivity index (χ1) is 16.2. The first-order valence-corrected chi connectivity index (χ1v) is 11.8. The molecule has 9 heteroatoms. The van der Waals surface area contributed by atoms with Crippen LogP contribution in [0.1, 0.15) is 57.8 Å². The van der Waals surface area contributed by atoms with Crippen molar-refractivity contribution in [3.05, 3.63) is 39.8 Å². The summed E-state index contributed by atoms with van der Waals surface area (Å²) in [5, 5.41) is 15.4. The lowest BCUT2D eigenvalue weighted by atomic mass is 9.79. The average Bonchev–Trinajstić information content (AvgIpc) is 3.21. The lowest BCUT2D eigenvalue weighted by Crippen LogP contribution is -2.31. The number of carbonyl (C=O) groups is 1. The van der Waals surface area contributed by atoms with Crippen LogP contribution in [-0.4, -0.2) is 50.8 Å². The summed E-state index contributed by atoms with van der Waals surface area (Å²) in [5.41, 5.74) is 10.8. The third kappa shape index (κ3) is 6.85. The predicted octanol–water partition coefficient (Wildman–Crippen LogP) is 4.82. The summed E-state index contributed by atoms with van der Waals surface area (Å²) in [7, 11) is 4.74. The number of aliphatic hydroxyl groups is 1. The smallest absolute Gasteiger partial charge is 0.309 e. The van der Waals surface area contributed by atoms with Crippen LogP contribution in [0.3, 0.4) is 0 Å². The number of aliphatic hydroxyl groups excluding tert-OH is 1. The van der Waals surface area contributed by atoms with Gasteiger partial charge in [0, 0.05) is 25.6 Å². The minimum atomic E-state index is -0.817. The van der Waals surface area contributed by atoms with Crippen LogP contribution in [0.2, 0.25) is 0 Å². The number of benzene rings is 1. The molecule has 0 spiro atoms. The van der Waals surface area contributed by atoms with E-state index in [1.807, 2.05) is 45.9 Å². The van der Waals surface area contributed by atoms with Gasteiger partial charge in [0.2, 0.25) is 0 Å². The van der Waals surface area contributed by atoms with E-state index in [2.05, 4.69) is 10.0 Å². The lowest BCUT2D eigenvalue weighted by Gasteiger charge is -2.31. The minimum Gasteiger partial charge on any atom is -0.496 e. The fourth-order valence-corrected chi connectivity index (χ4v) is 4.63. The van der Waals surface area contributed by atoms with Gasteiger partial charge in [-0.1, -0.05) is 38.9 Å².